The summed E-state index contributed by atoms with van der Waals surface area (Å²) in [5, 5.41) is 9.87. The Balaban J connectivity index is 1.32. The molecule has 1 aliphatic rings. The fourth-order valence-corrected chi connectivity index (χ4v) is 4.93. The number of carbonyl (C=O) groups is 1. The van der Waals surface area contributed by atoms with Crippen LogP contribution in [0.1, 0.15) is 24.8 Å². The van der Waals surface area contributed by atoms with E-state index in [1.807, 2.05) is 76.0 Å². The summed E-state index contributed by atoms with van der Waals surface area (Å²) in [6, 6.07) is 21.7. The molecule has 0 N–H and O–H groups in total. The maximum atomic E-state index is 13.4. The summed E-state index contributed by atoms with van der Waals surface area (Å²) in [5.41, 5.74) is 2.68. The number of anilines is 1. The summed E-state index contributed by atoms with van der Waals surface area (Å²) in [6.45, 7) is 4.69. The predicted molar refractivity (Wildman–Crippen MR) is 134 cm³/mol. The SMILES string of the molecule is CC[C@H](C(=O)N1CCN(c2nc3ccccc3c3nnc(-c4ccco4)n23)CC1)c1ccccc1. The highest BCUT2D eigenvalue weighted by Gasteiger charge is 2.29. The number of aromatic nitrogens is 4. The van der Waals surface area contributed by atoms with Crippen LogP contribution in [-0.2, 0) is 4.79 Å². The van der Waals surface area contributed by atoms with Crippen molar-refractivity contribution in [3.8, 4) is 11.6 Å². The van der Waals surface area contributed by atoms with Crippen molar-refractivity contribution >= 4 is 28.4 Å². The Labute approximate surface area is 202 Å². The molecule has 0 spiro atoms. The Bertz CT molecular complexity index is 1470. The number of furan rings is 1. The standard InChI is InChI=1S/C27H26N6O2/c1-2-20(19-9-4-3-5-10-19)26(34)31-14-16-32(17-15-31)27-28-22-12-7-6-11-21(22)24-29-30-25(33(24)27)23-13-8-18-35-23/h3-13,18,20H,2,14-17H2,1H3/t20-/m0/s1. The van der Waals surface area contributed by atoms with Gasteiger partial charge >= 0.3 is 0 Å². The zero-order chi connectivity index (χ0) is 23.8. The number of benzene rings is 2. The summed E-state index contributed by atoms with van der Waals surface area (Å²) in [4.78, 5) is 22.6. The molecular weight excluding hydrogens is 440 g/mol. The monoisotopic (exact) mass is 466 g/mol. The van der Waals surface area contributed by atoms with Gasteiger partial charge in [-0.15, -0.1) is 10.2 Å². The van der Waals surface area contributed by atoms with Crippen LogP contribution in [0.15, 0.2) is 77.4 Å². The second kappa shape index (κ2) is 8.87. The number of piperazine rings is 1. The van der Waals surface area contributed by atoms with Crippen LogP contribution in [0.5, 0.6) is 0 Å². The lowest BCUT2D eigenvalue weighted by Crippen LogP contribution is -2.50. The molecule has 0 unspecified atom stereocenters. The average molecular weight is 467 g/mol. The Morgan fingerprint density at radius 2 is 1.71 bits per heavy atom. The van der Waals surface area contributed by atoms with Crippen LogP contribution in [0, 0.1) is 0 Å². The summed E-state index contributed by atoms with van der Waals surface area (Å²) in [7, 11) is 0. The Morgan fingerprint density at radius 3 is 2.46 bits per heavy atom. The number of rotatable bonds is 5. The summed E-state index contributed by atoms with van der Waals surface area (Å²) < 4.78 is 7.62. The minimum atomic E-state index is -0.114. The normalized spacial score (nSPS) is 15.1. The molecule has 0 radical (unpaired) electrons. The van der Waals surface area contributed by atoms with Gasteiger partial charge in [-0.3, -0.25) is 4.79 Å². The lowest BCUT2D eigenvalue weighted by molar-refractivity contribution is -0.133. The molecule has 6 rings (SSSR count). The predicted octanol–water partition coefficient (Wildman–Crippen LogP) is 4.38. The second-order valence-electron chi connectivity index (χ2n) is 8.77. The summed E-state index contributed by atoms with van der Waals surface area (Å²) in [6.07, 6.45) is 2.41. The molecule has 8 heteroatoms. The largest absolute Gasteiger partial charge is 0.461 e. The lowest BCUT2D eigenvalue weighted by atomic mass is 9.95. The molecule has 0 bridgehead atoms. The van der Waals surface area contributed by atoms with E-state index in [4.69, 9.17) is 9.40 Å². The van der Waals surface area contributed by atoms with E-state index in [1.54, 1.807) is 6.26 Å². The maximum absolute atomic E-state index is 13.4. The van der Waals surface area contributed by atoms with E-state index in [2.05, 4.69) is 22.0 Å². The third-order valence-corrected chi connectivity index (χ3v) is 6.75. The number of hydrogen-bond donors (Lipinski definition) is 0. The van der Waals surface area contributed by atoms with Gasteiger partial charge in [-0.25, -0.2) is 9.38 Å². The van der Waals surface area contributed by atoms with Gasteiger partial charge in [-0.2, -0.15) is 0 Å². The van der Waals surface area contributed by atoms with Crippen molar-refractivity contribution < 1.29 is 9.21 Å². The molecule has 1 amide bonds. The van der Waals surface area contributed by atoms with Gasteiger partial charge in [0.05, 0.1) is 17.7 Å². The molecule has 4 heterocycles. The number of nitrogens with zero attached hydrogens (tertiary/aromatic N) is 6. The number of para-hydroxylation sites is 1. The van der Waals surface area contributed by atoms with Gasteiger partial charge in [0, 0.05) is 31.6 Å². The molecule has 0 saturated carbocycles. The van der Waals surface area contributed by atoms with Crippen LogP contribution in [0.3, 0.4) is 0 Å². The van der Waals surface area contributed by atoms with E-state index in [0.717, 1.165) is 34.5 Å². The summed E-state index contributed by atoms with van der Waals surface area (Å²) >= 11 is 0. The van der Waals surface area contributed by atoms with E-state index in [1.165, 1.54) is 0 Å². The Kier molecular flexibility index (Phi) is 5.41. The van der Waals surface area contributed by atoms with Gasteiger partial charge in [0.1, 0.15) is 0 Å². The van der Waals surface area contributed by atoms with Crippen molar-refractivity contribution in [3.05, 3.63) is 78.6 Å². The second-order valence-corrected chi connectivity index (χ2v) is 8.77. The van der Waals surface area contributed by atoms with E-state index in [9.17, 15) is 4.79 Å². The van der Waals surface area contributed by atoms with Crippen molar-refractivity contribution in [2.45, 2.75) is 19.3 Å². The highest BCUT2D eigenvalue weighted by atomic mass is 16.3. The van der Waals surface area contributed by atoms with Gasteiger partial charge in [0.25, 0.3) is 0 Å². The van der Waals surface area contributed by atoms with Crippen molar-refractivity contribution in [3.63, 3.8) is 0 Å². The first-order chi connectivity index (χ1) is 17.2. The number of amides is 1. The molecular formula is C27H26N6O2. The molecule has 1 saturated heterocycles. The summed E-state index contributed by atoms with van der Waals surface area (Å²) in [5.74, 6) is 2.09. The van der Waals surface area contributed by atoms with E-state index >= 15 is 0 Å². The molecule has 3 aromatic heterocycles. The zero-order valence-electron chi connectivity index (χ0n) is 19.5. The topological polar surface area (TPSA) is 79.8 Å². The smallest absolute Gasteiger partial charge is 0.230 e. The molecule has 1 atom stereocenters. The third kappa shape index (κ3) is 3.71. The van der Waals surface area contributed by atoms with Crippen LogP contribution >= 0.6 is 0 Å². The highest BCUT2D eigenvalue weighted by Crippen LogP contribution is 2.30. The fourth-order valence-electron chi connectivity index (χ4n) is 4.93. The number of carbonyl (C=O) groups excluding carboxylic acids is 1. The molecule has 1 fully saturated rings. The van der Waals surface area contributed by atoms with Crippen LogP contribution in [0.25, 0.3) is 28.1 Å². The van der Waals surface area contributed by atoms with Crippen molar-refractivity contribution in [2.75, 3.05) is 31.1 Å². The minimum Gasteiger partial charge on any atom is -0.461 e. The first-order valence-electron chi connectivity index (χ1n) is 12.0. The first-order valence-corrected chi connectivity index (χ1v) is 12.0. The molecule has 35 heavy (non-hydrogen) atoms. The van der Waals surface area contributed by atoms with Crippen molar-refractivity contribution in [1.29, 1.82) is 0 Å². The molecule has 5 aromatic rings. The first kappa shape index (κ1) is 21.3. The van der Waals surface area contributed by atoms with E-state index in [0.29, 0.717) is 37.8 Å². The van der Waals surface area contributed by atoms with Crippen LogP contribution < -0.4 is 4.90 Å². The molecule has 0 aliphatic carbocycles. The van der Waals surface area contributed by atoms with E-state index < -0.39 is 0 Å². The van der Waals surface area contributed by atoms with Gasteiger partial charge in [-0.1, -0.05) is 49.4 Å². The van der Waals surface area contributed by atoms with Gasteiger partial charge in [0.2, 0.25) is 17.7 Å². The van der Waals surface area contributed by atoms with Gasteiger partial charge in [0.15, 0.2) is 11.4 Å². The third-order valence-electron chi connectivity index (χ3n) is 6.75. The van der Waals surface area contributed by atoms with E-state index in [-0.39, 0.29) is 11.8 Å². The molecule has 176 valence electrons. The van der Waals surface area contributed by atoms with Crippen LogP contribution in [0.4, 0.5) is 5.95 Å². The van der Waals surface area contributed by atoms with Crippen molar-refractivity contribution in [2.24, 2.45) is 0 Å². The maximum Gasteiger partial charge on any atom is 0.230 e. The van der Waals surface area contributed by atoms with Crippen molar-refractivity contribution in [1.82, 2.24) is 24.5 Å². The zero-order valence-corrected chi connectivity index (χ0v) is 19.5. The van der Waals surface area contributed by atoms with Crippen LogP contribution in [-0.4, -0.2) is 56.6 Å². The number of fused-ring (bicyclic) bond motifs is 3. The molecule has 2 aromatic carbocycles. The Morgan fingerprint density at radius 1 is 0.943 bits per heavy atom. The minimum absolute atomic E-state index is 0.114. The quantitative estimate of drug-likeness (QED) is 0.382. The Hall–Kier alpha value is -4.20. The average Bonchev–Trinajstić information content (AvgIpc) is 3.60. The number of hydrogen-bond acceptors (Lipinski definition) is 6. The molecule has 1 aliphatic heterocycles. The lowest BCUT2D eigenvalue weighted by Gasteiger charge is -2.37. The van der Waals surface area contributed by atoms with Gasteiger partial charge < -0.3 is 14.2 Å². The molecule has 8 nitrogen and oxygen atoms in total. The van der Waals surface area contributed by atoms with Gasteiger partial charge in [-0.05, 0) is 36.2 Å². The highest BCUT2D eigenvalue weighted by molar-refractivity contribution is 5.93. The van der Waals surface area contributed by atoms with Crippen LogP contribution in [0.2, 0.25) is 0 Å². The fraction of sp³-hybridized carbons (Fsp3) is 0.259.